The van der Waals surface area contributed by atoms with E-state index >= 15 is 0 Å². The van der Waals surface area contributed by atoms with Crippen molar-refractivity contribution >= 4 is 119 Å². The van der Waals surface area contributed by atoms with Crippen LogP contribution in [0.2, 0.25) is 0 Å². The molecule has 0 amide bonds. The van der Waals surface area contributed by atoms with Crippen molar-refractivity contribution in [2.24, 2.45) is 0 Å². The number of anilines is 3. The van der Waals surface area contributed by atoms with Crippen LogP contribution < -0.4 is 4.90 Å². The van der Waals surface area contributed by atoms with Gasteiger partial charge in [-0.1, -0.05) is 219 Å². The molecule has 0 unspecified atom stereocenters. The van der Waals surface area contributed by atoms with E-state index in [-0.39, 0.29) is 0 Å². The van der Waals surface area contributed by atoms with Gasteiger partial charge in [0.05, 0.1) is 14.7 Å². The van der Waals surface area contributed by atoms with E-state index in [0.717, 1.165) is 104 Å². The Labute approximate surface area is 502 Å². The van der Waals surface area contributed by atoms with Crippen LogP contribution >= 0.6 is 0 Å². The summed E-state index contributed by atoms with van der Waals surface area (Å²) in [6.07, 6.45) is 22.1. The largest absolute Gasteiger partial charge is 0.501 e. The van der Waals surface area contributed by atoms with Gasteiger partial charge in [-0.3, -0.25) is 0 Å². The Bertz CT molecular complexity index is 3980. The summed E-state index contributed by atoms with van der Waals surface area (Å²) in [6.45, 7) is 0. The van der Waals surface area contributed by atoms with Crippen LogP contribution in [-0.4, -0.2) is 41.8 Å². The first-order chi connectivity index (χ1) is 41.7. The van der Waals surface area contributed by atoms with Crippen molar-refractivity contribution in [2.75, 3.05) is 4.90 Å². The zero-order valence-electron chi connectivity index (χ0n) is 45.7. The average Bonchev–Trinajstić information content (AvgIpc) is 3.72. The molecular weight excluding hydrogens is 1210 g/mol. The maximum Gasteiger partial charge on any atom is 0.501 e. The van der Waals surface area contributed by atoms with Crippen LogP contribution in [0.5, 0.6) is 0 Å². The monoisotopic (exact) mass is 1250 g/mol. The Morgan fingerprint density at radius 3 is 0.443 bits per heavy atom. The Hall–Kier alpha value is -9.56. The summed E-state index contributed by atoms with van der Waals surface area (Å²) in [5.41, 5.74) is -4.07. The maximum absolute atomic E-state index is 13.0. The lowest BCUT2D eigenvalue weighted by Gasteiger charge is -2.26. The molecule has 9 rings (SSSR count). The van der Waals surface area contributed by atoms with Crippen LogP contribution in [0.25, 0.3) is 72.9 Å². The van der Waals surface area contributed by atoms with Crippen molar-refractivity contribution in [1.82, 2.24) is 0 Å². The summed E-state index contributed by atoms with van der Waals surface area (Å²) in [5, 5.41) is 0. The minimum Gasteiger partial charge on any atom is -0.311 e. The fourth-order valence-electron chi connectivity index (χ4n) is 8.64. The summed E-state index contributed by atoms with van der Waals surface area (Å²) in [5.74, 6) is 0. The van der Waals surface area contributed by atoms with Gasteiger partial charge in [0.15, 0.2) is 0 Å². The second kappa shape index (κ2) is 26.2. The van der Waals surface area contributed by atoms with Crippen LogP contribution in [0, 0.1) is 0 Å². The molecule has 0 heterocycles. The van der Waals surface area contributed by atoms with E-state index in [1.54, 1.807) is 36.5 Å². The van der Waals surface area contributed by atoms with Gasteiger partial charge in [0.2, 0.25) is 0 Å². The van der Waals surface area contributed by atoms with Gasteiger partial charge in [0.25, 0.3) is 29.5 Å². The molecule has 0 aliphatic heterocycles. The number of sulfone groups is 3. The van der Waals surface area contributed by atoms with Gasteiger partial charge in [0.1, 0.15) is 0 Å². The van der Waals surface area contributed by atoms with Gasteiger partial charge in [-0.2, -0.15) is 39.5 Å². The van der Waals surface area contributed by atoms with E-state index in [2.05, 4.69) is 4.90 Å². The number of alkyl halides is 9. The average molecular weight is 1250 g/mol. The molecule has 0 atom stereocenters. The third-order valence-corrected chi connectivity index (χ3v) is 18.1. The Balaban J connectivity index is 0.883. The number of halogens is 9. The fraction of sp³-hybridized carbons (Fsp3) is 0.0435. The predicted molar refractivity (Wildman–Crippen MR) is 333 cm³/mol. The van der Waals surface area contributed by atoms with Crippen molar-refractivity contribution in [3.05, 3.63) is 285 Å². The van der Waals surface area contributed by atoms with Crippen molar-refractivity contribution in [1.29, 1.82) is 0 Å². The van der Waals surface area contributed by atoms with Gasteiger partial charge in [-0.15, -0.1) is 0 Å². The minimum atomic E-state index is -5.44. The van der Waals surface area contributed by atoms with E-state index in [1.165, 1.54) is 36.4 Å². The van der Waals surface area contributed by atoms with E-state index < -0.39 is 60.7 Å². The van der Waals surface area contributed by atoms with Gasteiger partial charge in [-0.05, 0) is 140 Å². The van der Waals surface area contributed by atoms with E-state index in [1.807, 2.05) is 182 Å². The molecule has 9 aromatic rings. The highest BCUT2D eigenvalue weighted by Crippen LogP contribution is 2.37. The smallest absolute Gasteiger partial charge is 0.311 e. The van der Waals surface area contributed by atoms with Crippen molar-refractivity contribution in [2.45, 2.75) is 31.2 Å². The number of hydrogen-bond donors (Lipinski definition) is 0. The fourth-order valence-corrected chi connectivity index (χ4v) is 10.9. The van der Waals surface area contributed by atoms with Crippen molar-refractivity contribution < 1.29 is 64.8 Å². The quantitative estimate of drug-likeness (QED) is 0.0622. The van der Waals surface area contributed by atoms with Gasteiger partial charge < -0.3 is 4.90 Å². The summed E-state index contributed by atoms with van der Waals surface area (Å²) in [7, 11) is -16.3. The first-order valence-corrected chi connectivity index (χ1v) is 30.9. The number of benzene rings is 9. The summed E-state index contributed by atoms with van der Waals surface area (Å²) < 4.78 is 187. The predicted octanol–water partition coefficient (Wildman–Crippen LogP) is 19.1. The topological polar surface area (TPSA) is 106 Å². The lowest BCUT2D eigenvalue weighted by Crippen LogP contribution is -2.23. The molecule has 0 saturated carbocycles. The molecule has 0 radical (unpaired) electrons. The molecule has 0 N–H and O–H groups in total. The van der Waals surface area contributed by atoms with E-state index in [4.69, 9.17) is 0 Å². The molecule has 0 fully saturated rings. The van der Waals surface area contributed by atoms with Gasteiger partial charge in [-0.25, -0.2) is 25.3 Å². The second-order valence-electron chi connectivity index (χ2n) is 19.7. The van der Waals surface area contributed by atoms with Crippen molar-refractivity contribution in [3.8, 4) is 0 Å². The lowest BCUT2D eigenvalue weighted by atomic mass is 10.1. The normalized spacial score (nSPS) is 13.1. The number of hydrogen-bond acceptors (Lipinski definition) is 7. The molecule has 0 saturated heterocycles. The van der Waals surface area contributed by atoms with Gasteiger partial charge in [0, 0.05) is 17.1 Å². The zero-order chi connectivity index (χ0) is 62.9. The van der Waals surface area contributed by atoms with E-state index in [9.17, 15) is 64.8 Å². The zero-order valence-corrected chi connectivity index (χ0v) is 48.2. The lowest BCUT2D eigenvalue weighted by molar-refractivity contribution is -0.0442. The molecule has 0 aliphatic rings. The highest BCUT2D eigenvalue weighted by atomic mass is 32.2. The Morgan fingerprint density at radius 2 is 0.318 bits per heavy atom. The first-order valence-electron chi connectivity index (χ1n) is 26.5. The molecule has 446 valence electrons. The van der Waals surface area contributed by atoms with Crippen molar-refractivity contribution in [3.63, 3.8) is 0 Å². The molecule has 7 nitrogen and oxygen atoms in total. The SMILES string of the molecule is O=S(=O)(c1ccc(/C=C/c2ccc(/C=C/c3ccc(N(c4ccc(/C=C/c5ccc(/C=C/c6ccc(S(=O)(=O)C(F)(F)F)cc6)cc5)cc4)c4ccc(/C=C/c5ccc(/C=C/c6ccc(S(=O)(=O)C(F)(F)F)cc6)cc5)cc4)cc3)cc2)cc1)C(F)(F)F. The third-order valence-electron chi connectivity index (χ3n) is 13.6. The van der Waals surface area contributed by atoms with Crippen LogP contribution in [0.1, 0.15) is 66.8 Å². The Kier molecular flexibility index (Phi) is 18.7. The third kappa shape index (κ3) is 15.5. The molecule has 19 heteroatoms. The van der Waals surface area contributed by atoms with E-state index in [0.29, 0.717) is 16.7 Å². The van der Waals surface area contributed by atoms with Crippen LogP contribution in [0.3, 0.4) is 0 Å². The molecule has 0 aliphatic carbocycles. The second-order valence-corrected chi connectivity index (χ2v) is 25.5. The molecule has 88 heavy (non-hydrogen) atoms. The number of rotatable bonds is 18. The van der Waals surface area contributed by atoms with Crippen LogP contribution in [-0.2, 0) is 29.5 Å². The summed E-state index contributed by atoms with van der Waals surface area (Å²) in [6, 6.07) is 60.2. The molecule has 0 aromatic heterocycles. The van der Waals surface area contributed by atoms with Crippen LogP contribution in [0.4, 0.5) is 56.6 Å². The molecule has 0 spiro atoms. The maximum atomic E-state index is 13.0. The highest BCUT2D eigenvalue weighted by molar-refractivity contribution is 7.92. The molecular formula is C69H48F9NO6S3. The summed E-state index contributed by atoms with van der Waals surface area (Å²) in [4.78, 5) is -0.368. The summed E-state index contributed by atoms with van der Waals surface area (Å²) >= 11 is 0. The van der Waals surface area contributed by atoms with Gasteiger partial charge >= 0.3 is 16.5 Å². The minimum absolute atomic E-state index is 0.519. The molecule has 9 aromatic carbocycles. The number of nitrogens with zero attached hydrogens (tertiary/aromatic N) is 1. The molecule has 0 bridgehead atoms. The Morgan fingerprint density at radius 1 is 0.205 bits per heavy atom. The highest BCUT2D eigenvalue weighted by Gasteiger charge is 2.48. The first kappa shape index (κ1) is 63.0. The standard InChI is InChI=1S/C69H48F9NO6S3/c70-67(71,72)86(80,81)64-43-31-58(32-44-64)22-16-52-7-1-49(2-8-52)13-19-55-25-37-61(38-26-55)79(62-39-27-56(28-40-62)20-14-50-3-9-53(10-4-50)17-23-59-33-45-65(46-34-59)87(82,83)68(73,74)75)63-41-29-57(30-42-63)21-15-51-5-11-54(12-6-51)18-24-60-35-47-66(48-36-60)88(84,85)69(76,77)78/h1-48H/b19-13+,20-14+,21-15+,22-16+,23-17+,24-18+. The van der Waals surface area contributed by atoms with Crippen LogP contribution in [0.15, 0.2) is 233 Å².